The molecular formula is C15H24N2OS. The lowest BCUT2D eigenvalue weighted by Crippen LogP contribution is -2.43. The summed E-state index contributed by atoms with van der Waals surface area (Å²) in [6.07, 6.45) is 7.01. The summed E-state index contributed by atoms with van der Waals surface area (Å²) in [5.74, 6) is 0. The molecule has 1 fully saturated rings. The molecule has 0 aliphatic heterocycles. The quantitative estimate of drug-likeness (QED) is 0.870. The number of hydrogen-bond donors (Lipinski definition) is 2. The van der Waals surface area contributed by atoms with Crippen molar-refractivity contribution in [1.82, 2.24) is 10.6 Å². The Bertz CT molecular complexity index is 422. The van der Waals surface area contributed by atoms with Gasteiger partial charge in [-0.2, -0.15) is 0 Å². The van der Waals surface area contributed by atoms with Crippen molar-refractivity contribution in [3.63, 3.8) is 0 Å². The molecule has 4 heteroatoms. The van der Waals surface area contributed by atoms with Gasteiger partial charge in [0.05, 0.1) is 0 Å². The number of urea groups is 1. The van der Waals surface area contributed by atoms with Crippen molar-refractivity contribution in [2.24, 2.45) is 0 Å². The van der Waals surface area contributed by atoms with Crippen LogP contribution in [-0.2, 0) is 6.42 Å². The zero-order chi connectivity index (χ0) is 13.7. The molecule has 1 aromatic heterocycles. The van der Waals surface area contributed by atoms with Crippen molar-refractivity contribution in [3.05, 3.63) is 21.4 Å². The maximum Gasteiger partial charge on any atom is 0.315 e. The highest BCUT2D eigenvalue weighted by molar-refractivity contribution is 7.10. The van der Waals surface area contributed by atoms with E-state index in [0.29, 0.717) is 6.04 Å². The number of aryl methyl sites for hydroxylation is 1. The molecule has 0 unspecified atom stereocenters. The first kappa shape index (κ1) is 14.4. The van der Waals surface area contributed by atoms with E-state index in [9.17, 15) is 4.79 Å². The van der Waals surface area contributed by atoms with Crippen LogP contribution in [0.25, 0.3) is 0 Å². The fourth-order valence-corrected chi connectivity index (χ4v) is 3.52. The third-order valence-corrected chi connectivity index (χ3v) is 5.07. The van der Waals surface area contributed by atoms with Crippen LogP contribution in [0.4, 0.5) is 4.79 Å². The Labute approximate surface area is 119 Å². The zero-order valence-corrected chi connectivity index (χ0v) is 12.7. The topological polar surface area (TPSA) is 41.1 Å². The second-order valence-electron chi connectivity index (χ2n) is 5.43. The Morgan fingerprint density at radius 1 is 1.32 bits per heavy atom. The molecule has 106 valence electrons. The fraction of sp³-hybridized carbons (Fsp3) is 0.667. The van der Waals surface area contributed by atoms with Crippen LogP contribution in [-0.4, -0.2) is 18.6 Å². The second-order valence-corrected chi connectivity index (χ2v) is 6.51. The summed E-state index contributed by atoms with van der Waals surface area (Å²) >= 11 is 1.79. The standard InChI is InChI=1S/C15H24N2OS/c1-11-12(2)19-10-13(11)8-9-16-15(18)17-14-6-4-3-5-7-14/h10,14H,3-9H2,1-2H3,(H2,16,17,18). The van der Waals surface area contributed by atoms with E-state index in [1.165, 1.54) is 35.3 Å². The molecule has 2 amide bonds. The Morgan fingerprint density at radius 2 is 2.05 bits per heavy atom. The van der Waals surface area contributed by atoms with Crippen LogP contribution in [0.5, 0.6) is 0 Å². The molecule has 0 radical (unpaired) electrons. The number of nitrogens with one attached hydrogen (secondary N) is 2. The van der Waals surface area contributed by atoms with E-state index in [-0.39, 0.29) is 6.03 Å². The molecule has 0 aromatic carbocycles. The van der Waals surface area contributed by atoms with E-state index in [2.05, 4.69) is 29.9 Å². The third-order valence-electron chi connectivity index (χ3n) is 4.01. The van der Waals surface area contributed by atoms with Gasteiger partial charge in [-0.25, -0.2) is 4.79 Å². The highest BCUT2D eigenvalue weighted by atomic mass is 32.1. The zero-order valence-electron chi connectivity index (χ0n) is 11.9. The summed E-state index contributed by atoms with van der Waals surface area (Å²) in [7, 11) is 0. The predicted octanol–water partition coefficient (Wildman–Crippen LogP) is 3.54. The van der Waals surface area contributed by atoms with E-state index >= 15 is 0 Å². The molecule has 1 heterocycles. The van der Waals surface area contributed by atoms with E-state index in [4.69, 9.17) is 0 Å². The fourth-order valence-electron chi connectivity index (χ4n) is 2.60. The molecule has 19 heavy (non-hydrogen) atoms. The summed E-state index contributed by atoms with van der Waals surface area (Å²) in [6.45, 7) is 5.02. The largest absolute Gasteiger partial charge is 0.338 e. The van der Waals surface area contributed by atoms with Gasteiger partial charge in [0.25, 0.3) is 0 Å². The molecule has 0 bridgehead atoms. The van der Waals surface area contributed by atoms with Crippen molar-refractivity contribution in [1.29, 1.82) is 0 Å². The van der Waals surface area contributed by atoms with Gasteiger partial charge in [-0.1, -0.05) is 19.3 Å². The molecule has 0 saturated heterocycles. The van der Waals surface area contributed by atoms with Gasteiger partial charge in [-0.05, 0) is 49.6 Å². The second kappa shape index (κ2) is 6.94. The number of thiophene rings is 1. The minimum Gasteiger partial charge on any atom is -0.338 e. The summed E-state index contributed by atoms with van der Waals surface area (Å²) in [6, 6.07) is 0.385. The summed E-state index contributed by atoms with van der Waals surface area (Å²) < 4.78 is 0. The van der Waals surface area contributed by atoms with Gasteiger partial charge in [0.1, 0.15) is 0 Å². The average Bonchev–Trinajstić information content (AvgIpc) is 2.72. The van der Waals surface area contributed by atoms with Crippen LogP contribution in [0.15, 0.2) is 5.38 Å². The number of amides is 2. The summed E-state index contributed by atoms with van der Waals surface area (Å²) in [5.41, 5.74) is 2.74. The minimum absolute atomic E-state index is 0.00324. The monoisotopic (exact) mass is 280 g/mol. The number of carbonyl (C=O) groups is 1. The lowest BCUT2D eigenvalue weighted by atomic mass is 9.96. The van der Waals surface area contributed by atoms with Gasteiger partial charge in [-0.15, -0.1) is 11.3 Å². The molecule has 0 spiro atoms. The average molecular weight is 280 g/mol. The van der Waals surface area contributed by atoms with E-state index in [1.54, 1.807) is 11.3 Å². The molecular weight excluding hydrogens is 256 g/mol. The Hall–Kier alpha value is -1.03. The molecule has 1 aliphatic rings. The van der Waals surface area contributed by atoms with Gasteiger partial charge in [0.15, 0.2) is 0 Å². The number of rotatable bonds is 4. The molecule has 3 nitrogen and oxygen atoms in total. The van der Waals surface area contributed by atoms with Crippen molar-refractivity contribution >= 4 is 17.4 Å². The highest BCUT2D eigenvalue weighted by Gasteiger charge is 2.15. The maximum atomic E-state index is 11.8. The van der Waals surface area contributed by atoms with Gasteiger partial charge < -0.3 is 10.6 Å². The molecule has 2 rings (SSSR count). The van der Waals surface area contributed by atoms with Gasteiger partial charge in [0.2, 0.25) is 0 Å². The van der Waals surface area contributed by atoms with Crippen LogP contribution >= 0.6 is 11.3 Å². The first-order valence-corrected chi connectivity index (χ1v) is 8.12. The highest BCUT2D eigenvalue weighted by Crippen LogP contribution is 2.20. The molecule has 1 aliphatic carbocycles. The van der Waals surface area contributed by atoms with Crippen molar-refractivity contribution in [2.75, 3.05) is 6.54 Å². The van der Waals surface area contributed by atoms with Crippen LogP contribution in [0, 0.1) is 13.8 Å². The predicted molar refractivity (Wildman–Crippen MR) is 80.9 cm³/mol. The number of hydrogen-bond acceptors (Lipinski definition) is 2. The Balaban J connectivity index is 1.67. The first-order chi connectivity index (χ1) is 9.16. The van der Waals surface area contributed by atoms with Crippen LogP contribution < -0.4 is 10.6 Å². The summed E-state index contributed by atoms with van der Waals surface area (Å²) in [5, 5.41) is 8.25. The lowest BCUT2D eigenvalue weighted by molar-refractivity contribution is 0.233. The molecule has 2 N–H and O–H groups in total. The first-order valence-electron chi connectivity index (χ1n) is 7.24. The van der Waals surface area contributed by atoms with Crippen LogP contribution in [0.2, 0.25) is 0 Å². The SMILES string of the molecule is Cc1scc(CCNC(=O)NC2CCCCC2)c1C. The smallest absolute Gasteiger partial charge is 0.315 e. The van der Waals surface area contributed by atoms with Crippen LogP contribution in [0.3, 0.4) is 0 Å². The maximum absolute atomic E-state index is 11.8. The van der Waals surface area contributed by atoms with Crippen LogP contribution in [0.1, 0.15) is 48.1 Å². The third kappa shape index (κ3) is 4.23. The lowest BCUT2D eigenvalue weighted by Gasteiger charge is -2.22. The van der Waals surface area contributed by atoms with Gasteiger partial charge >= 0.3 is 6.03 Å². The van der Waals surface area contributed by atoms with Gasteiger partial charge in [0, 0.05) is 17.5 Å². The van der Waals surface area contributed by atoms with E-state index in [0.717, 1.165) is 25.8 Å². The van der Waals surface area contributed by atoms with Gasteiger partial charge in [-0.3, -0.25) is 0 Å². The van der Waals surface area contributed by atoms with E-state index < -0.39 is 0 Å². The van der Waals surface area contributed by atoms with Crippen molar-refractivity contribution in [3.8, 4) is 0 Å². The molecule has 1 saturated carbocycles. The Kier molecular flexibility index (Phi) is 5.25. The minimum atomic E-state index is -0.00324. The van der Waals surface area contributed by atoms with Crippen molar-refractivity contribution < 1.29 is 4.79 Å². The molecule has 1 aromatic rings. The molecule has 0 atom stereocenters. The number of carbonyl (C=O) groups excluding carboxylic acids is 1. The summed E-state index contributed by atoms with van der Waals surface area (Å²) in [4.78, 5) is 13.1. The Morgan fingerprint density at radius 3 is 2.68 bits per heavy atom. The van der Waals surface area contributed by atoms with Crippen molar-refractivity contribution in [2.45, 2.75) is 58.4 Å². The van der Waals surface area contributed by atoms with E-state index in [1.807, 2.05) is 0 Å². The normalized spacial score (nSPS) is 16.3.